The first-order chi connectivity index (χ1) is 28.5. The Kier molecular flexibility index (Phi) is 14.8. The average molecular weight is 829 g/mol. The summed E-state index contributed by atoms with van der Waals surface area (Å²) in [7, 11) is -0.848. The molecule has 1 unspecified atom stereocenters. The van der Waals surface area contributed by atoms with Crippen molar-refractivity contribution in [2.24, 2.45) is 0 Å². The van der Waals surface area contributed by atoms with E-state index in [0.717, 1.165) is 22.3 Å². The smallest absolute Gasteiger partial charge is 0.192 e. The van der Waals surface area contributed by atoms with Crippen molar-refractivity contribution >= 4 is 8.32 Å². The summed E-state index contributed by atoms with van der Waals surface area (Å²) in [6.45, 7) is 11.9. The molecule has 12 heteroatoms. The molecule has 0 bridgehead atoms. The van der Waals surface area contributed by atoms with E-state index in [4.69, 9.17) is 47.1 Å². The first-order valence-corrected chi connectivity index (χ1v) is 23.5. The molecule has 7 rings (SSSR count). The summed E-state index contributed by atoms with van der Waals surface area (Å²) in [5, 5.41) is 12.0. The maximum atomic E-state index is 12.2. The number of hydrogen-bond donors (Lipinski definition) is 1. The van der Waals surface area contributed by atoms with Crippen LogP contribution < -0.4 is 0 Å². The van der Waals surface area contributed by atoms with Crippen LogP contribution in [0.4, 0.5) is 0 Å². The van der Waals surface area contributed by atoms with Crippen LogP contribution in [0.3, 0.4) is 0 Å². The van der Waals surface area contributed by atoms with Crippen LogP contribution >= 0.6 is 0 Å². The summed E-state index contributed by atoms with van der Waals surface area (Å²) in [5.41, 5.74) is 3.86. The van der Waals surface area contributed by atoms with Crippen LogP contribution in [0.5, 0.6) is 0 Å². The second-order valence-electron chi connectivity index (χ2n) is 16.9. The maximum Gasteiger partial charge on any atom is 0.192 e. The van der Waals surface area contributed by atoms with Crippen LogP contribution in [0, 0.1) is 0 Å². The Bertz CT molecular complexity index is 1830. The van der Waals surface area contributed by atoms with Crippen molar-refractivity contribution in [1.29, 1.82) is 0 Å². The molecule has 0 spiro atoms. The van der Waals surface area contributed by atoms with Crippen LogP contribution in [0.25, 0.3) is 0 Å². The molecular weight excluding hydrogens is 769 g/mol. The van der Waals surface area contributed by atoms with Gasteiger partial charge >= 0.3 is 0 Å². The van der Waals surface area contributed by atoms with E-state index in [9.17, 15) is 5.11 Å². The highest BCUT2D eigenvalue weighted by Crippen LogP contribution is 2.42. The molecule has 0 aliphatic carbocycles. The highest BCUT2D eigenvalue weighted by Gasteiger charge is 2.55. The van der Waals surface area contributed by atoms with Crippen molar-refractivity contribution < 1.29 is 52.2 Å². The molecular formula is C47H60O11Si. The number of rotatable bonds is 16. The standard InChI is InChI=1S/C47H60O11Si/c1-47(2,3)59(5,6)58-41-38(48)45(55-37-31-53-44(57-40(37)41)35-25-17-10-18-26-35)54-30-36-39(50-27-32-19-11-7-12-20-32)42(51-28-33-21-13-8-14-22-33)43(46(49-4)56-36)52-29-34-23-15-9-16-24-34/h7-26,36-46,48H,27-31H2,1-6H3/t36-,37-,38-,39-,40+,41-,42+,43-,44?,45+,46+/m1/s1. The fourth-order valence-electron chi connectivity index (χ4n) is 7.39. The van der Waals surface area contributed by atoms with Gasteiger partial charge in [0.2, 0.25) is 0 Å². The second-order valence-corrected chi connectivity index (χ2v) is 21.7. The third-order valence-electron chi connectivity index (χ3n) is 11.7. The zero-order valence-electron chi connectivity index (χ0n) is 35.0. The summed E-state index contributed by atoms with van der Waals surface area (Å²) >= 11 is 0. The van der Waals surface area contributed by atoms with E-state index in [1.807, 2.05) is 121 Å². The zero-order chi connectivity index (χ0) is 41.4. The first-order valence-electron chi connectivity index (χ1n) is 20.6. The van der Waals surface area contributed by atoms with Gasteiger partial charge in [-0.15, -0.1) is 0 Å². The number of fused-ring (bicyclic) bond motifs is 1. The van der Waals surface area contributed by atoms with Gasteiger partial charge in [-0.25, -0.2) is 0 Å². The molecule has 0 aromatic heterocycles. The molecule has 0 amide bonds. The van der Waals surface area contributed by atoms with Crippen LogP contribution in [0.15, 0.2) is 121 Å². The Hall–Kier alpha value is -3.34. The highest BCUT2D eigenvalue weighted by atomic mass is 28.4. The van der Waals surface area contributed by atoms with E-state index in [2.05, 4.69) is 33.9 Å². The minimum atomic E-state index is -2.43. The van der Waals surface area contributed by atoms with E-state index < -0.39 is 76.0 Å². The SMILES string of the molecule is CO[C@H]1O[C@H](CO[C@H]2O[C@@H]3COC(c4ccccc4)O[C@@H]3[C@H](O[Si](C)(C)C(C)(C)C)[C@H]2O)[C@@H](OCc2ccccc2)[C@H](OCc2ccccc2)[C@H]1OCc1ccccc1. The molecule has 3 saturated heterocycles. The van der Waals surface area contributed by atoms with Gasteiger partial charge in [0.1, 0.15) is 48.8 Å². The van der Waals surface area contributed by atoms with Gasteiger partial charge in [0.05, 0.1) is 33.0 Å². The third kappa shape index (κ3) is 10.9. The highest BCUT2D eigenvalue weighted by molar-refractivity contribution is 6.74. The Morgan fingerprint density at radius 1 is 0.610 bits per heavy atom. The van der Waals surface area contributed by atoms with Gasteiger partial charge in [-0.2, -0.15) is 0 Å². The van der Waals surface area contributed by atoms with Gasteiger partial charge in [-0.05, 0) is 34.8 Å². The molecule has 0 radical (unpaired) electrons. The third-order valence-corrected chi connectivity index (χ3v) is 16.2. The fourth-order valence-corrected chi connectivity index (χ4v) is 8.70. The van der Waals surface area contributed by atoms with E-state index in [1.165, 1.54) is 0 Å². The van der Waals surface area contributed by atoms with Crippen LogP contribution in [-0.2, 0) is 66.9 Å². The van der Waals surface area contributed by atoms with Gasteiger partial charge < -0.3 is 52.2 Å². The van der Waals surface area contributed by atoms with Crippen molar-refractivity contribution in [2.75, 3.05) is 20.3 Å². The molecule has 11 atom stereocenters. The Balaban J connectivity index is 1.15. The van der Waals surface area contributed by atoms with Gasteiger partial charge in [0.15, 0.2) is 27.2 Å². The molecule has 0 saturated carbocycles. The summed E-state index contributed by atoms with van der Waals surface area (Å²) in [6, 6.07) is 39.6. The van der Waals surface area contributed by atoms with Crippen LogP contribution in [0.2, 0.25) is 18.1 Å². The van der Waals surface area contributed by atoms with Crippen molar-refractivity contribution in [3.8, 4) is 0 Å². The van der Waals surface area contributed by atoms with E-state index in [0.29, 0.717) is 13.2 Å². The van der Waals surface area contributed by atoms with Crippen LogP contribution in [0.1, 0.15) is 49.3 Å². The van der Waals surface area contributed by atoms with E-state index in [-0.39, 0.29) is 24.9 Å². The van der Waals surface area contributed by atoms with Crippen molar-refractivity contribution in [3.63, 3.8) is 0 Å². The van der Waals surface area contributed by atoms with Crippen LogP contribution in [-0.4, -0.2) is 95.2 Å². The average Bonchev–Trinajstić information content (AvgIpc) is 3.25. The lowest BCUT2D eigenvalue weighted by molar-refractivity contribution is -0.368. The Labute approximate surface area is 349 Å². The minimum Gasteiger partial charge on any atom is -0.408 e. The molecule has 3 aliphatic heterocycles. The van der Waals surface area contributed by atoms with Gasteiger partial charge in [0, 0.05) is 12.7 Å². The number of aliphatic hydroxyl groups excluding tert-OH is 1. The molecule has 59 heavy (non-hydrogen) atoms. The number of ether oxygens (including phenoxy) is 9. The van der Waals surface area contributed by atoms with E-state index in [1.54, 1.807) is 7.11 Å². The molecule has 3 fully saturated rings. The minimum absolute atomic E-state index is 0.0315. The lowest BCUT2D eigenvalue weighted by Gasteiger charge is -2.51. The summed E-state index contributed by atoms with van der Waals surface area (Å²) in [5.74, 6) is 0. The molecule has 4 aromatic carbocycles. The molecule has 3 heterocycles. The summed E-state index contributed by atoms with van der Waals surface area (Å²) in [4.78, 5) is 0. The molecule has 1 N–H and O–H groups in total. The number of methoxy groups -OCH3 is 1. The Morgan fingerprint density at radius 3 is 1.64 bits per heavy atom. The molecule has 4 aromatic rings. The van der Waals surface area contributed by atoms with Gasteiger partial charge in [0.25, 0.3) is 0 Å². The summed E-state index contributed by atoms with van der Waals surface area (Å²) in [6.07, 6.45) is -8.43. The molecule has 11 nitrogen and oxygen atoms in total. The number of benzene rings is 4. The monoisotopic (exact) mass is 828 g/mol. The molecule has 318 valence electrons. The second kappa shape index (κ2) is 20.0. The molecule has 3 aliphatic rings. The topological polar surface area (TPSA) is 113 Å². The predicted octanol–water partition coefficient (Wildman–Crippen LogP) is 7.72. The zero-order valence-corrected chi connectivity index (χ0v) is 36.0. The normalized spacial score (nSPS) is 30.1. The van der Waals surface area contributed by atoms with Gasteiger partial charge in [-0.3, -0.25) is 0 Å². The van der Waals surface area contributed by atoms with Gasteiger partial charge in [-0.1, -0.05) is 142 Å². The number of aliphatic hydroxyl groups is 1. The fraction of sp³-hybridized carbons (Fsp3) is 0.489. The number of hydrogen-bond acceptors (Lipinski definition) is 11. The lowest BCUT2D eigenvalue weighted by atomic mass is 9.97. The van der Waals surface area contributed by atoms with Crippen molar-refractivity contribution in [1.82, 2.24) is 0 Å². The summed E-state index contributed by atoms with van der Waals surface area (Å²) < 4.78 is 65.6. The van der Waals surface area contributed by atoms with Crippen molar-refractivity contribution in [2.45, 2.75) is 126 Å². The Morgan fingerprint density at radius 2 is 1.12 bits per heavy atom. The first kappa shape index (κ1) is 43.7. The van der Waals surface area contributed by atoms with Crippen molar-refractivity contribution in [3.05, 3.63) is 144 Å². The quantitative estimate of drug-likeness (QED) is 0.112. The lowest BCUT2D eigenvalue weighted by Crippen LogP contribution is -2.66. The maximum absolute atomic E-state index is 12.2. The predicted molar refractivity (Wildman–Crippen MR) is 223 cm³/mol. The largest absolute Gasteiger partial charge is 0.408 e. The van der Waals surface area contributed by atoms with E-state index >= 15 is 0 Å².